The van der Waals surface area contributed by atoms with Crippen LogP contribution in [0.4, 0.5) is 0 Å². The molecule has 1 aliphatic rings. The Morgan fingerprint density at radius 1 is 1.53 bits per heavy atom. The van der Waals surface area contributed by atoms with Crippen molar-refractivity contribution in [3.63, 3.8) is 0 Å². The quantitative estimate of drug-likeness (QED) is 0.910. The average molecular weight is 302 g/mol. The molecule has 1 aliphatic carbocycles. The summed E-state index contributed by atoms with van der Waals surface area (Å²) in [5, 5.41) is 9.01. The number of rotatable bonds is 5. The lowest BCUT2D eigenvalue weighted by atomic mass is 10.3. The van der Waals surface area contributed by atoms with E-state index in [2.05, 4.69) is 15.9 Å². The van der Waals surface area contributed by atoms with Gasteiger partial charge < -0.3 is 14.4 Å². The van der Waals surface area contributed by atoms with Crippen molar-refractivity contribution >= 4 is 21.9 Å². The van der Waals surface area contributed by atoms with Crippen molar-refractivity contribution < 1.29 is 14.6 Å². The van der Waals surface area contributed by atoms with Crippen molar-refractivity contribution in [2.45, 2.75) is 38.3 Å². The number of hydrogen-bond acceptors (Lipinski definition) is 2. The van der Waals surface area contributed by atoms with Gasteiger partial charge in [-0.05, 0) is 34.8 Å². The van der Waals surface area contributed by atoms with Crippen molar-refractivity contribution in [1.29, 1.82) is 0 Å². The maximum atomic E-state index is 11.0. The standard InChI is InChI=1S/C12H16BrNO3/c13-9-7-11(12(15)16)14(8-9)5-6-17-10-3-1-2-4-10/h7-8,10H,1-6H2,(H,15,16). The first kappa shape index (κ1) is 12.6. The van der Waals surface area contributed by atoms with E-state index in [1.54, 1.807) is 16.8 Å². The topological polar surface area (TPSA) is 51.5 Å². The number of ether oxygens (including phenoxy) is 1. The number of nitrogens with zero attached hydrogens (tertiary/aromatic N) is 1. The fraction of sp³-hybridized carbons (Fsp3) is 0.583. The Hall–Kier alpha value is -0.810. The molecular weight excluding hydrogens is 286 g/mol. The Labute approximate surface area is 109 Å². The van der Waals surface area contributed by atoms with Crippen LogP contribution >= 0.6 is 15.9 Å². The summed E-state index contributed by atoms with van der Waals surface area (Å²) in [6, 6.07) is 1.61. The SMILES string of the molecule is O=C(O)c1cc(Br)cn1CCOC1CCCC1. The number of aromatic carboxylic acids is 1. The molecule has 1 N–H and O–H groups in total. The van der Waals surface area contributed by atoms with Gasteiger partial charge in [0.25, 0.3) is 0 Å². The summed E-state index contributed by atoms with van der Waals surface area (Å²) < 4.78 is 8.22. The number of hydrogen-bond donors (Lipinski definition) is 1. The van der Waals surface area contributed by atoms with E-state index in [1.165, 1.54) is 12.8 Å². The molecule has 0 spiro atoms. The fourth-order valence-electron chi connectivity index (χ4n) is 2.21. The van der Waals surface area contributed by atoms with E-state index in [0.29, 0.717) is 24.9 Å². The summed E-state index contributed by atoms with van der Waals surface area (Å²) >= 11 is 3.28. The normalized spacial score (nSPS) is 16.5. The molecule has 94 valence electrons. The minimum atomic E-state index is -0.906. The lowest BCUT2D eigenvalue weighted by molar-refractivity contribution is 0.0515. The first-order valence-electron chi connectivity index (χ1n) is 5.87. The molecule has 17 heavy (non-hydrogen) atoms. The van der Waals surface area contributed by atoms with E-state index in [4.69, 9.17) is 9.84 Å². The van der Waals surface area contributed by atoms with Gasteiger partial charge in [0, 0.05) is 17.2 Å². The van der Waals surface area contributed by atoms with Crippen molar-refractivity contribution in [2.24, 2.45) is 0 Å². The van der Waals surface area contributed by atoms with E-state index < -0.39 is 5.97 Å². The maximum absolute atomic E-state index is 11.0. The summed E-state index contributed by atoms with van der Waals surface area (Å²) in [5.41, 5.74) is 0.298. The Kier molecular flexibility index (Phi) is 4.23. The average Bonchev–Trinajstić information content (AvgIpc) is 2.88. The number of halogens is 1. The highest BCUT2D eigenvalue weighted by molar-refractivity contribution is 9.10. The molecule has 4 nitrogen and oxygen atoms in total. The van der Waals surface area contributed by atoms with E-state index in [1.807, 2.05) is 0 Å². The summed E-state index contributed by atoms with van der Waals surface area (Å²) in [7, 11) is 0. The smallest absolute Gasteiger partial charge is 0.352 e. The highest BCUT2D eigenvalue weighted by Gasteiger charge is 2.16. The predicted octanol–water partition coefficient (Wildman–Crippen LogP) is 2.91. The molecule has 1 heterocycles. The Bertz CT molecular complexity index is 396. The number of carboxylic acid groups (broad SMARTS) is 1. The zero-order valence-corrected chi connectivity index (χ0v) is 11.1. The molecule has 1 saturated carbocycles. The molecule has 0 bridgehead atoms. The van der Waals surface area contributed by atoms with Crippen LogP contribution < -0.4 is 0 Å². The van der Waals surface area contributed by atoms with Gasteiger partial charge in [-0.2, -0.15) is 0 Å². The first-order valence-corrected chi connectivity index (χ1v) is 6.66. The van der Waals surface area contributed by atoms with Gasteiger partial charge in [0.1, 0.15) is 5.69 Å². The van der Waals surface area contributed by atoms with Crippen LogP contribution in [0.25, 0.3) is 0 Å². The maximum Gasteiger partial charge on any atom is 0.352 e. The minimum absolute atomic E-state index is 0.298. The molecule has 0 aliphatic heterocycles. The molecule has 0 atom stereocenters. The highest BCUT2D eigenvalue weighted by Crippen LogP contribution is 2.21. The molecule has 0 saturated heterocycles. The second-order valence-electron chi connectivity index (χ2n) is 4.32. The van der Waals surface area contributed by atoms with Crippen molar-refractivity contribution in [3.8, 4) is 0 Å². The summed E-state index contributed by atoms with van der Waals surface area (Å²) in [5.74, 6) is -0.906. The molecule has 2 rings (SSSR count). The van der Waals surface area contributed by atoms with Crippen LogP contribution in [0.1, 0.15) is 36.2 Å². The fourth-order valence-corrected chi connectivity index (χ4v) is 2.68. The second-order valence-corrected chi connectivity index (χ2v) is 5.24. The molecule has 1 fully saturated rings. The van der Waals surface area contributed by atoms with Crippen LogP contribution in [0.3, 0.4) is 0 Å². The van der Waals surface area contributed by atoms with E-state index in [0.717, 1.165) is 17.3 Å². The number of carboxylic acids is 1. The van der Waals surface area contributed by atoms with Crippen molar-refractivity contribution in [3.05, 3.63) is 22.4 Å². The zero-order valence-electron chi connectivity index (χ0n) is 9.56. The Morgan fingerprint density at radius 3 is 2.88 bits per heavy atom. The van der Waals surface area contributed by atoms with Crippen LogP contribution in [-0.4, -0.2) is 28.4 Å². The Balaban J connectivity index is 1.87. The van der Waals surface area contributed by atoms with Crippen LogP contribution in [0.15, 0.2) is 16.7 Å². The van der Waals surface area contributed by atoms with Gasteiger partial charge in [-0.1, -0.05) is 12.8 Å². The molecule has 5 heteroatoms. The Morgan fingerprint density at radius 2 is 2.24 bits per heavy atom. The van der Waals surface area contributed by atoms with Crippen LogP contribution in [-0.2, 0) is 11.3 Å². The molecule has 0 radical (unpaired) electrons. The molecule has 1 aromatic heterocycles. The minimum Gasteiger partial charge on any atom is -0.477 e. The lowest BCUT2D eigenvalue weighted by Crippen LogP contribution is -2.15. The van der Waals surface area contributed by atoms with Crippen molar-refractivity contribution in [2.75, 3.05) is 6.61 Å². The lowest BCUT2D eigenvalue weighted by Gasteiger charge is -2.12. The van der Waals surface area contributed by atoms with Gasteiger partial charge in [-0.3, -0.25) is 0 Å². The van der Waals surface area contributed by atoms with Gasteiger partial charge in [-0.25, -0.2) is 4.79 Å². The van der Waals surface area contributed by atoms with Crippen molar-refractivity contribution in [1.82, 2.24) is 4.57 Å². The molecule has 1 aromatic rings. The van der Waals surface area contributed by atoms with E-state index >= 15 is 0 Å². The van der Waals surface area contributed by atoms with Gasteiger partial charge in [0.2, 0.25) is 0 Å². The van der Waals surface area contributed by atoms with Crippen LogP contribution in [0, 0.1) is 0 Å². The largest absolute Gasteiger partial charge is 0.477 e. The number of aromatic nitrogens is 1. The summed E-state index contributed by atoms with van der Waals surface area (Å²) in [6.07, 6.45) is 6.94. The van der Waals surface area contributed by atoms with Gasteiger partial charge in [0.05, 0.1) is 12.7 Å². The molecule has 0 aromatic carbocycles. The second kappa shape index (κ2) is 5.69. The van der Waals surface area contributed by atoms with Crippen LogP contribution in [0.5, 0.6) is 0 Å². The molecule has 0 amide bonds. The number of carbonyl (C=O) groups is 1. The third-order valence-electron chi connectivity index (χ3n) is 3.07. The third-order valence-corrected chi connectivity index (χ3v) is 3.50. The predicted molar refractivity (Wildman–Crippen MR) is 67.3 cm³/mol. The summed E-state index contributed by atoms with van der Waals surface area (Å²) in [4.78, 5) is 11.0. The highest BCUT2D eigenvalue weighted by atomic mass is 79.9. The monoisotopic (exact) mass is 301 g/mol. The van der Waals surface area contributed by atoms with Gasteiger partial charge in [-0.15, -0.1) is 0 Å². The zero-order chi connectivity index (χ0) is 12.3. The van der Waals surface area contributed by atoms with Gasteiger partial charge >= 0.3 is 5.97 Å². The van der Waals surface area contributed by atoms with Gasteiger partial charge in [0.15, 0.2) is 0 Å². The van der Waals surface area contributed by atoms with Crippen LogP contribution in [0.2, 0.25) is 0 Å². The van der Waals surface area contributed by atoms with E-state index in [9.17, 15) is 4.79 Å². The first-order chi connectivity index (χ1) is 8.16. The summed E-state index contributed by atoms with van der Waals surface area (Å²) in [6.45, 7) is 1.16. The molecular formula is C12H16BrNO3. The third kappa shape index (κ3) is 3.33. The molecule has 0 unspecified atom stereocenters. The van der Waals surface area contributed by atoms with E-state index in [-0.39, 0.29) is 0 Å².